The van der Waals surface area contributed by atoms with Gasteiger partial charge in [-0.05, 0) is 49.2 Å². The molecule has 218 valence electrons. The van der Waals surface area contributed by atoms with Gasteiger partial charge < -0.3 is 19.7 Å². The van der Waals surface area contributed by atoms with E-state index in [2.05, 4.69) is 5.32 Å². The van der Waals surface area contributed by atoms with E-state index in [9.17, 15) is 22.4 Å². The van der Waals surface area contributed by atoms with Gasteiger partial charge in [0.2, 0.25) is 21.8 Å². The third-order valence-electron chi connectivity index (χ3n) is 6.68. The lowest BCUT2D eigenvalue weighted by Crippen LogP contribution is -2.53. The van der Waals surface area contributed by atoms with Crippen molar-refractivity contribution in [1.29, 1.82) is 0 Å². The first-order chi connectivity index (χ1) is 19.7. The molecule has 3 aromatic rings. The fourth-order valence-electron chi connectivity index (χ4n) is 4.54. The lowest BCUT2D eigenvalue weighted by atomic mass is 10.0. The molecule has 1 N–H and O–H groups in total. The van der Waals surface area contributed by atoms with Gasteiger partial charge >= 0.3 is 0 Å². The van der Waals surface area contributed by atoms with Crippen LogP contribution in [-0.4, -0.2) is 63.2 Å². The van der Waals surface area contributed by atoms with Crippen molar-refractivity contribution in [3.05, 3.63) is 89.7 Å². The molecule has 41 heavy (non-hydrogen) atoms. The van der Waals surface area contributed by atoms with E-state index in [-0.39, 0.29) is 30.3 Å². The Labute approximate surface area is 239 Å². The molecule has 0 fully saturated rings. The number of carbonyl (C=O) groups is 2. The summed E-state index contributed by atoms with van der Waals surface area (Å²) in [5.74, 6) is -0.794. The predicted molar refractivity (Wildman–Crippen MR) is 154 cm³/mol. The topological polar surface area (TPSA) is 105 Å². The van der Waals surface area contributed by atoms with Gasteiger partial charge in [0.25, 0.3) is 0 Å². The zero-order chi connectivity index (χ0) is 29.4. The molecule has 4 rings (SSSR count). The third-order valence-corrected chi connectivity index (χ3v) is 8.42. The Bertz CT molecular complexity index is 1450. The number of carbonyl (C=O) groups excluding carboxylic acids is 2. The van der Waals surface area contributed by atoms with E-state index in [4.69, 9.17) is 9.47 Å². The molecule has 1 aliphatic heterocycles. The second-order valence-electron chi connectivity index (χ2n) is 9.48. The summed E-state index contributed by atoms with van der Waals surface area (Å²) in [6.45, 7) is 3.72. The number of benzene rings is 3. The summed E-state index contributed by atoms with van der Waals surface area (Å²) in [4.78, 5) is 28.8. The molecule has 1 heterocycles. The fourth-order valence-corrected chi connectivity index (χ4v) is 5.59. The molecule has 9 nitrogen and oxygen atoms in total. The summed E-state index contributed by atoms with van der Waals surface area (Å²) in [6.07, 6.45) is 0.199. The van der Waals surface area contributed by atoms with Crippen LogP contribution in [0.15, 0.2) is 72.8 Å². The van der Waals surface area contributed by atoms with Gasteiger partial charge in [0.15, 0.2) is 11.5 Å². The smallest absolute Gasteiger partial charge is 0.244 e. The first-order valence-electron chi connectivity index (χ1n) is 13.5. The Morgan fingerprint density at radius 3 is 2.27 bits per heavy atom. The van der Waals surface area contributed by atoms with E-state index in [1.54, 1.807) is 19.1 Å². The van der Waals surface area contributed by atoms with E-state index >= 15 is 0 Å². The second kappa shape index (κ2) is 13.5. The summed E-state index contributed by atoms with van der Waals surface area (Å²) >= 11 is 0. The molecule has 1 unspecified atom stereocenters. The number of nitrogens with zero attached hydrogens (tertiary/aromatic N) is 2. The van der Waals surface area contributed by atoms with Crippen molar-refractivity contribution < 1.29 is 31.9 Å². The molecular weight excluding hydrogens is 549 g/mol. The molecule has 1 aliphatic rings. The number of hydrogen-bond donors (Lipinski definition) is 1. The first-order valence-corrected chi connectivity index (χ1v) is 15.1. The number of rotatable bonds is 12. The molecule has 11 heteroatoms. The molecule has 0 bridgehead atoms. The van der Waals surface area contributed by atoms with Gasteiger partial charge in [-0.15, -0.1) is 0 Å². The minimum absolute atomic E-state index is 0.0328. The molecular formula is C30H34FN3O6S. The van der Waals surface area contributed by atoms with E-state index in [1.165, 1.54) is 42.2 Å². The second-order valence-corrected chi connectivity index (χ2v) is 11.7. The maximum Gasteiger partial charge on any atom is 0.244 e. The molecule has 0 saturated carbocycles. The summed E-state index contributed by atoms with van der Waals surface area (Å²) in [7, 11) is -3.92. The Hall–Kier alpha value is -4.12. The van der Waals surface area contributed by atoms with Crippen molar-refractivity contribution in [2.75, 3.05) is 36.4 Å². The van der Waals surface area contributed by atoms with E-state index in [0.29, 0.717) is 36.8 Å². The van der Waals surface area contributed by atoms with E-state index in [1.807, 2.05) is 30.3 Å². The number of anilines is 1. The van der Waals surface area contributed by atoms with Crippen LogP contribution in [0.25, 0.3) is 0 Å². The average molecular weight is 584 g/mol. The Morgan fingerprint density at radius 1 is 0.927 bits per heavy atom. The number of amides is 2. The molecule has 0 radical (unpaired) electrons. The third kappa shape index (κ3) is 7.55. The minimum Gasteiger partial charge on any atom is -0.486 e. The van der Waals surface area contributed by atoms with Gasteiger partial charge in [0, 0.05) is 25.6 Å². The number of ether oxygens (including phenoxy) is 2. The predicted octanol–water partition coefficient (Wildman–Crippen LogP) is 3.53. The Balaban J connectivity index is 1.73. The zero-order valence-corrected chi connectivity index (χ0v) is 23.9. The van der Waals surface area contributed by atoms with Crippen molar-refractivity contribution in [2.24, 2.45) is 0 Å². The molecule has 3 aromatic carbocycles. The summed E-state index contributed by atoms with van der Waals surface area (Å²) in [5, 5.41) is 2.80. The molecule has 1 atom stereocenters. The Morgan fingerprint density at radius 2 is 1.61 bits per heavy atom. The minimum atomic E-state index is -3.92. The fraction of sp³-hybridized carbons (Fsp3) is 0.333. The van der Waals surface area contributed by atoms with Gasteiger partial charge in [0.05, 0.1) is 11.4 Å². The van der Waals surface area contributed by atoms with Crippen molar-refractivity contribution in [3.63, 3.8) is 0 Å². The van der Waals surface area contributed by atoms with Crippen LogP contribution in [0, 0.1) is 5.82 Å². The van der Waals surface area contributed by atoms with Gasteiger partial charge in [0.1, 0.15) is 31.6 Å². The highest BCUT2D eigenvalue weighted by Gasteiger charge is 2.33. The number of hydrogen-bond acceptors (Lipinski definition) is 6. The van der Waals surface area contributed by atoms with Gasteiger partial charge in [-0.25, -0.2) is 12.8 Å². The largest absolute Gasteiger partial charge is 0.486 e. The molecule has 0 spiro atoms. The van der Waals surface area contributed by atoms with Crippen LogP contribution in [-0.2, 0) is 32.6 Å². The molecule has 0 aromatic heterocycles. The van der Waals surface area contributed by atoms with Crippen molar-refractivity contribution in [2.45, 2.75) is 32.9 Å². The monoisotopic (exact) mass is 583 g/mol. The van der Waals surface area contributed by atoms with Crippen LogP contribution >= 0.6 is 0 Å². The standard InChI is InChI=1S/C30H34FN3O6S/c1-3-32-30(36)26(18-22-8-6-5-7-9-22)33(20-23-10-12-24(31)13-11-23)29(35)21-34(41(37,38)4-2)25-14-15-27-28(19-25)40-17-16-39-27/h5-15,19,26H,3-4,16-18,20-21H2,1-2H3,(H,32,36). The van der Waals surface area contributed by atoms with Crippen LogP contribution in [0.3, 0.4) is 0 Å². The van der Waals surface area contributed by atoms with Crippen LogP contribution in [0.1, 0.15) is 25.0 Å². The summed E-state index contributed by atoms with van der Waals surface area (Å²) < 4.78 is 52.5. The zero-order valence-electron chi connectivity index (χ0n) is 23.1. The SMILES string of the molecule is CCNC(=O)C(Cc1ccccc1)N(Cc1ccc(F)cc1)C(=O)CN(c1ccc2c(c1)OCCO2)S(=O)(=O)CC. The summed E-state index contributed by atoms with van der Waals surface area (Å²) in [5.41, 5.74) is 1.65. The van der Waals surface area contributed by atoms with Crippen LogP contribution in [0.2, 0.25) is 0 Å². The van der Waals surface area contributed by atoms with E-state index in [0.717, 1.165) is 9.87 Å². The van der Waals surface area contributed by atoms with Gasteiger partial charge in [-0.2, -0.15) is 0 Å². The van der Waals surface area contributed by atoms with Crippen molar-refractivity contribution in [3.8, 4) is 11.5 Å². The average Bonchev–Trinajstić information content (AvgIpc) is 2.98. The molecule has 0 aliphatic carbocycles. The van der Waals surface area contributed by atoms with E-state index < -0.39 is 34.3 Å². The van der Waals surface area contributed by atoms with Gasteiger partial charge in [-0.3, -0.25) is 13.9 Å². The van der Waals surface area contributed by atoms with Crippen molar-refractivity contribution in [1.82, 2.24) is 10.2 Å². The highest BCUT2D eigenvalue weighted by atomic mass is 32.2. The highest BCUT2D eigenvalue weighted by Crippen LogP contribution is 2.35. The maximum absolute atomic E-state index is 14.1. The number of fused-ring (bicyclic) bond motifs is 1. The lowest BCUT2D eigenvalue weighted by Gasteiger charge is -2.34. The quantitative estimate of drug-likeness (QED) is 0.350. The first kappa shape index (κ1) is 29.9. The lowest BCUT2D eigenvalue weighted by molar-refractivity contribution is -0.140. The number of halogens is 1. The maximum atomic E-state index is 14.1. The van der Waals surface area contributed by atoms with Crippen LogP contribution in [0.5, 0.6) is 11.5 Å². The van der Waals surface area contributed by atoms with Gasteiger partial charge in [-0.1, -0.05) is 42.5 Å². The molecule has 0 saturated heterocycles. The highest BCUT2D eigenvalue weighted by molar-refractivity contribution is 7.92. The number of sulfonamides is 1. The van der Waals surface area contributed by atoms with Crippen molar-refractivity contribution >= 4 is 27.5 Å². The van der Waals surface area contributed by atoms with Crippen LogP contribution < -0.4 is 19.1 Å². The Kier molecular flexibility index (Phi) is 9.82. The normalized spacial score (nSPS) is 13.2. The summed E-state index contributed by atoms with van der Waals surface area (Å²) in [6, 6.07) is 18.6. The number of likely N-dealkylation sites (N-methyl/N-ethyl adjacent to an activating group) is 1. The molecule has 2 amide bonds. The number of nitrogens with one attached hydrogen (secondary N) is 1. The van der Waals surface area contributed by atoms with Crippen LogP contribution in [0.4, 0.5) is 10.1 Å².